The highest BCUT2D eigenvalue weighted by Gasteiger charge is 2.53. The molecule has 0 aromatic rings. The molecule has 0 bridgehead atoms. The van der Waals surface area contributed by atoms with Gasteiger partial charge in [-0.3, -0.25) is 4.79 Å². The fourth-order valence-electron chi connectivity index (χ4n) is 11.6. The van der Waals surface area contributed by atoms with E-state index in [1.54, 1.807) is 0 Å². The van der Waals surface area contributed by atoms with Gasteiger partial charge in [0.25, 0.3) is 0 Å². The van der Waals surface area contributed by atoms with Crippen LogP contribution in [0.2, 0.25) is 0 Å². The van der Waals surface area contributed by atoms with Gasteiger partial charge in [-0.2, -0.15) is 0 Å². The molecule has 0 saturated carbocycles. The van der Waals surface area contributed by atoms with Crippen LogP contribution in [0.1, 0.15) is 239 Å². The van der Waals surface area contributed by atoms with E-state index < -0.39 is 124 Å². The Morgan fingerprint density at radius 1 is 0.411 bits per heavy atom. The molecule has 3 fully saturated rings. The highest BCUT2D eigenvalue weighted by Crippen LogP contribution is 2.33. The monoisotopic (exact) mass is 1280 g/mol. The van der Waals surface area contributed by atoms with E-state index in [1.807, 2.05) is 0 Å². The van der Waals surface area contributed by atoms with Crippen LogP contribution in [0.15, 0.2) is 72.9 Å². The average molecular weight is 1280 g/mol. The second-order valence-electron chi connectivity index (χ2n) is 25.0. The van der Waals surface area contributed by atoms with Gasteiger partial charge >= 0.3 is 0 Å². The summed E-state index contributed by atoms with van der Waals surface area (Å²) in [5.74, 6) is -0.246. The molecule has 0 aromatic heterocycles. The average Bonchev–Trinajstić information content (AvgIpc) is 0.847. The molecular formula is C71H125NO18. The number of unbranched alkanes of at least 4 members (excludes halogenated alkanes) is 25. The third-order valence-electron chi connectivity index (χ3n) is 17.3. The molecule has 17 atom stereocenters. The maximum atomic E-state index is 13.3. The van der Waals surface area contributed by atoms with Crippen LogP contribution in [-0.4, -0.2) is 193 Å². The van der Waals surface area contributed by atoms with E-state index in [0.29, 0.717) is 12.8 Å². The van der Waals surface area contributed by atoms with Gasteiger partial charge in [-0.1, -0.05) is 241 Å². The zero-order chi connectivity index (χ0) is 65.4. The van der Waals surface area contributed by atoms with Gasteiger partial charge in [-0.25, -0.2) is 0 Å². The van der Waals surface area contributed by atoms with Gasteiger partial charge in [0.1, 0.15) is 73.2 Å². The van der Waals surface area contributed by atoms with Crippen LogP contribution in [0.4, 0.5) is 0 Å². The Balaban J connectivity index is 1.28. The second kappa shape index (κ2) is 52.5. The van der Waals surface area contributed by atoms with Crippen molar-refractivity contribution in [1.29, 1.82) is 0 Å². The number of aliphatic hydroxyl groups excluding tert-OH is 11. The van der Waals surface area contributed by atoms with Crippen LogP contribution in [0.3, 0.4) is 0 Å². The first kappa shape index (κ1) is 81.5. The number of rotatable bonds is 53. The summed E-state index contributed by atoms with van der Waals surface area (Å²) in [7, 11) is 0. The highest BCUT2D eigenvalue weighted by atomic mass is 16.8. The van der Waals surface area contributed by atoms with Gasteiger partial charge in [0.2, 0.25) is 5.91 Å². The van der Waals surface area contributed by atoms with Crippen molar-refractivity contribution in [2.45, 2.75) is 343 Å². The fourth-order valence-corrected chi connectivity index (χ4v) is 11.6. The summed E-state index contributed by atoms with van der Waals surface area (Å²) in [5, 5.41) is 120. The normalized spacial score (nSPS) is 28.5. The van der Waals surface area contributed by atoms with E-state index in [-0.39, 0.29) is 18.9 Å². The first-order valence-corrected chi connectivity index (χ1v) is 35.2. The number of aliphatic hydroxyl groups is 11. The van der Waals surface area contributed by atoms with Gasteiger partial charge in [-0.05, 0) is 64.2 Å². The molecule has 90 heavy (non-hydrogen) atoms. The van der Waals surface area contributed by atoms with E-state index in [2.05, 4.69) is 92.1 Å². The van der Waals surface area contributed by atoms with E-state index in [1.165, 1.54) is 116 Å². The van der Waals surface area contributed by atoms with E-state index in [9.17, 15) is 61.0 Å². The summed E-state index contributed by atoms with van der Waals surface area (Å²) >= 11 is 0. The molecule has 0 aliphatic carbocycles. The number of amides is 1. The number of nitrogens with one attached hydrogen (secondary N) is 1. The summed E-state index contributed by atoms with van der Waals surface area (Å²) in [6.45, 7) is 1.63. The van der Waals surface area contributed by atoms with Crippen molar-refractivity contribution in [3.8, 4) is 0 Å². The Bertz CT molecular complexity index is 1920. The first-order valence-electron chi connectivity index (χ1n) is 35.2. The Morgan fingerprint density at radius 2 is 0.767 bits per heavy atom. The van der Waals surface area contributed by atoms with Crippen molar-refractivity contribution in [2.75, 3.05) is 26.4 Å². The lowest BCUT2D eigenvalue weighted by Gasteiger charge is -2.48. The standard InChI is InChI=1S/C71H125NO18/c1-3-5-7-9-11-13-14-15-16-17-18-19-20-21-22-23-24-25-26-27-28-29-30-31-32-33-34-35-36-37-38-39-40-41-43-45-47-49-59(77)72-54(55(76)48-46-44-42-12-10-8-6-4-2)53-85-69-65(83)62(80)67(57(51-74)87-69)90-71-66(84)63(81)68(58(52-75)88-71)89-70-64(82)61(79)60(78)56(50-73)86-70/h5,7,11,13,15-16,18-19,21-22,24-25,54-58,60-71,73-76,78-84H,3-4,6,8-10,12,14,17,20,23,26-53H2,1-2H3,(H,72,77)/b7-5-,13-11-,16-15-,19-18-,22-21-,25-24-. The van der Waals surface area contributed by atoms with Gasteiger partial charge < -0.3 is 89.9 Å². The molecular weight excluding hydrogens is 1150 g/mol. The molecule has 17 unspecified atom stereocenters. The quantitative estimate of drug-likeness (QED) is 0.0199. The molecule has 3 saturated heterocycles. The number of ether oxygens (including phenoxy) is 6. The zero-order valence-corrected chi connectivity index (χ0v) is 55.1. The number of hydrogen-bond donors (Lipinski definition) is 12. The summed E-state index contributed by atoms with van der Waals surface area (Å²) in [6, 6.07) is -0.886. The van der Waals surface area contributed by atoms with Gasteiger partial charge in [0.05, 0.1) is 38.6 Å². The zero-order valence-electron chi connectivity index (χ0n) is 55.1. The molecule has 0 spiro atoms. The minimum atomic E-state index is -1.97. The Labute approximate surface area is 540 Å². The van der Waals surface area contributed by atoms with Gasteiger partial charge in [0.15, 0.2) is 18.9 Å². The van der Waals surface area contributed by atoms with Gasteiger partial charge in [0, 0.05) is 6.42 Å². The molecule has 19 nitrogen and oxygen atoms in total. The molecule has 0 aromatic carbocycles. The van der Waals surface area contributed by atoms with Crippen molar-refractivity contribution in [3.05, 3.63) is 72.9 Å². The summed E-state index contributed by atoms with van der Waals surface area (Å²) in [4.78, 5) is 13.3. The van der Waals surface area contributed by atoms with Crippen molar-refractivity contribution < 1.29 is 89.4 Å². The smallest absolute Gasteiger partial charge is 0.220 e. The molecule has 522 valence electrons. The van der Waals surface area contributed by atoms with Crippen molar-refractivity contribution in [2.24, 2.45) is 0 Å². The molecule has 12 N–H and O–H groups in total. The minimum Gasteiger partial charge on any atom is -0.394 e. The lowest BCUT2D eigenvalue weighted by molar-refractivity contribution is -0.379. The third kappa shape index (κ3) is 34.1. The number of carbonyl (C=O) groups is 1. The topological polar surface area (TPSA) is 307 Å². The predicted octanol–water partition coefficient (Wildman–Crippen LogP) is 9.33. The summed E-state index contributed by atoms with van der Waals surface area (Å²) in [6.07, 6.45) is 39.0. The second-order valence-corrected chi connectivity index (χ2v) is 25.0. The summed E-state index contributed by atoms with van der Waals surface area (Å²) in [5.41, 5.74) is 0. The molecule has 3 aliphatic rings. The third-order valence-corrected chi connectivity index (χ3v) is 17.3. The van der Waals surface area contributed by atoms with E-state index in [0.717, 1.165) is 89.9 Å². The van der Waals surface area contributed by atoms with Crippen LogP contribution in [0, 0.1) is 0 Å². The lowest BCUT2D eigenvalue weighted by atomic mass is 9.96. The van der Waals surface area contributed by atoms with Crippen LogP contribution in [0.5, 0.6) is 0 Å². The molecule has 3 heterocycles. The Kier molecular flexibility index (Phi) is 47.5. The molecule has 3 aliphatic heterocycles. The van der Waals surface area contributed by atoms with Crippen LogP contribution in [0.25, 0.3) is 0 Å². The van der Waals surface area contributed by atoms with Crippen molar-refractivity contribution in [1.82, 2.24) is 5.32 Å². The SMILES string of the molecule is CC/C=C\C/C=C\C/C=C\C/C=C\C/C=C\C/C=C\CCCCCCCCCCCCCCCCCCCCC(=O)NC(COC1OC(CO)C(OC2OC(CO)C(OC3OC(CO)C(O)C(O)C3O)C(O)C2O)C(O)C1O)C(O)CCCCCCCCCC. The van der Waals surface area contributed by atoms with Gasteiger partial charge in [-0.15, -0.1) is 0 Å². The Morgan fingerprint density at radius 3 is 1.20 bits per heavy atom. The van der Waals surface area contributed by atoms with E-state index >= 15 is 0 Å². The highest BCUT2D eigenvalue weighted by molar-refractivity contribution is 5.76. The lowest BCUT2D eigenvalue weighted by Crippen LogP contribution is -2.66. The van der Waals surface area contributed by atoms with Crippen molar-refractivity contribution in [3.63, 3.8) is 0 Å². The summed E-state index contributed by atoms with van der Waals surface area (Å²) < 4.78 is 34.3. The molecule has 19 heteroatoms. The molecule has 0 radical (unpaired) electrons. The first-order chi connectivity index (χ1) is 43.8. The fraction of sp³-hybridized carbons (Fsp3) is 0.817. The molecule has 3 rings (SSSR count). The largest absolute Gasteiger partial charge is 0.394 e. The predicted molar refractivity (Wildman–Crippen MR) is 351 cm³/mol. The van der Waals surface area contributed by atoms with Crippen LogP contribution in [-0.2, 0) is 33.2 Å². The number of carbonyl (C=O) groups excluding carboxylic acids is 1. The molecule has 1 amide bonds. The minimum absolute atomic E-state index is 0.246. The maximum Gasteiger partial charge on any atom is 0.220 e. The van der Waals surface area contributed by atoms with Crippen LogP contribution < -0.4 is 5.32 Å². The maximum absolute atomic E-state index is 13.3. The number of allylic oxidation sites excluding steroid dienone is 12. The van der Waals surface area contributed by atoms with Crippen molar-refractivity contribution >= 4 is 5.91 Å². The Hall–Kier alpha value is -2.77. The number of hydrogen-bond acceptors (Lipinski definition) is 18. The van der Waals surface area contributed by atoms with E-state index in [4.69, 9.17) is 28.4 Å². The van der Waals surface area contributed by atoms with Crippen LogP contribution >= 0.6 is 0 Å².